The first-order valence-corrected chi connectivity index (χ1v) is 7.66. The fourth-order valence-electron chi connectivity index (χ4n) is 1.72. The lowest BCUT2D eigenvalue weighted by Gasteiger charge is -2.11. The van der Waals surface area contributed by atoms with Gasteiger partial charge in [0, 0.05) is 11.8 Å². The quantitative estimate of drug-likeness (QED) is 0.468. The van der Waals surface area contributed by atoms with Crippen molar-refractivity contribution in [2.45, 2.75) is 17.2 Å². The van der Waals surface area contributed by atoms with Crippen molar-refractivity contribution in [3.63, 3.8) is 0 Å². The number of benzene rings is 1. The molecule has 1 atom stereocenters. The number of nitro groups is 1. The molecule has 0 aliphatic rings. The van der Waals surface area contributed by atoms with Crippen molar-refractivity contribution < 1.29 is 19.6 Å². The van der Waals surface area contributed by atoms with Gasteiger partial charge in [0.1, 0.15) is 6.20 Å². The van der Waals surface area contributed by atoms with E-state index >= 15 is 0 Å². The zero-order valence-corrected chi connectivity index (χ0v) is 13.3. The third-order valence-corrected chi connectivity index (χ3v) is 4.05. The van der Waals surface area contributed by atoms with Crippen LogP contribution in [0, 0.1) is 10.1 Å². The third kappa shape index (κ3) is 4.53. The van der Waals surface area contributed by atoms with E-state index in [-0.39, 0.29) is 17.2 Å². The molecule has 1 heterocycles. The molecule has 1 aromatic heterocycles. The van der Waals surface area contributed by atoms with Gasteiger partial charge in [-0.3, -0.25) is 14.9 Å². The van der Waals surface area contributed by atoms with Crippen LogP contribution in [0.15, 0.2) is 47.6 Å². The molecule has 2 rings (SSSR count). The second-order valence-corrected chi connectivity index (χ2v) is 6.10. The van der Waals surface area contributed by atoms with Gasteiger partial charge in [-0.25, -0.2) is 9.78 Å². The number of nitrogens with one attached hydrogen (secondary N) is 1. The average molecular weight is 347 g/mol. The number of amides is 1. The van der Waals surface area contributed by atoms with E-state index in [0.29, 0.717) is 10.7 Å². The molecule has 0 saturated carbocycles. The number of carboxylic acids is 1. The van der Waals surface area contributed by atoms with Crippen LogP contribution in [0.5, 0.6) is 0 Å². The van der Waals surface area contributed by atoms with E-state index in [1.165, 1.54) is 36.4 Å². The second-order valence-electron chi connectivity index (χ2n) is 4.74. The molecule has 8 nitrogen and oxygen atoms in total. The number of rotatable bonds is 6. The standard InChI is InChI=1S/C15H13N3O5S/c1-9(24-13-7-6-12(8-16-13)18(22)23)14(19)17-11-4-2-10(3-5-11)15(20)21/h2-9H,1H3,(H,17,19)(H,20,21). The summed E-state index contributed by atoms with van der Waals surface area (Å²) in [7, 11) is 0. The molecule has 0 spiro atoms. The normalized spacial score (nSPS) is 11.5. The summed E-state index contributed by atoms with van der Waals surface area (Å²) in [6, 6.07) is 8.60. The number of hydrogen-bond donors (Lipinski definition) is 2. The van der Waals surface area contributed by atoms with E-state index in [0.717, 1.165) is 18.0 Å². The van der Waals surface area contributed by atoms with Crippen LogP contribution in [0.25, 0.3) is 0 Å². The molecule has 0 bridgehead atoms. The zero-order chi connectivity index (χ0) is 17.7. The topological polar surface area (TPSA) is 122 Å². The fraction of sp³-hybridized carbons (Fsp3) is 0.133. The van der Waals surface area contributed by atoms with E-state index in [4.69, 9.17) is 5.11 Å². The van der Waals surface area contributed by atoms with E-state index in [1.54, 1.807) is 6.92 Å². The first kappa shape index (κ1) is 17.4. The highest BCUT2D eigenvalue weighted by molar-refractivity contribution is 8.00. The number of carbonyl (C=O) groups excluding carboxylic acids is 1. The smallest absolute Gasteiger partial charge is 0.335 e. The molecule has 24 heavy (non-hydrogen) atoms. The molecule has 2 N–H and O–H groups in total. The Balaban J connectivity index is 1.96. The molecule has 2 aromatic rings. The van der Waals surface area contributed by atoms with Gasteiger partial charge in [0.25, 0.3) is 5.69 Å². The van der Waals surface area contributed by atoms with Crippen molar-refractivity contribution in [2.24, 2.45) is 0 Å². The first-order chi connectivity index (χ1) is 11.4. The largest absolute Gasteiger partial charge is 0.478 e. The van der Waals surface area contributed by atoms with Crippen LogP contribution in [0.1, 0.15) is 17.3 Å². The molecule has 124 valence electrons. The van der Waals surface area contributed by atoms with Gasteiger partial charge in [0.2, 0.25) is 5.91 Å². The number of aromatic nitrogens is 1. The van der Waals surface area contributed by atoms with E-state index < -0.39 is 16.1 Å². The summed E-state index contributed by atoms with van der Waals surface area (Å²) < 4.78 is 0. The summed E-state index contributed by atoms with van der Waals surface area (Å²) in [5, 5.41) is 22.1. The molecule has 1 aromatic carbocycles. The predicted molar refractivity (Wildman–Crippen MR) is 88.2 cm³/mol. The summed E-state index contributed by atoms with van der Waals surface area (Å²) in [6.45, 7) is 1.68. The average Bonchev–Trinajstić information content (AvgIpc) is 2.55. The van der Waals surface area contributed by atoms with Gasteiger partial charge in [-0.15, -0.1) is 0 Å². The molecule has 0 fully saturated rings. The Morgan fingerprint density at radius 1 is 1.25 bits per heavy atom. The number of anilines is 1. The molecule has 1 amide bonds. The maximum atomic E-state index is 12.1. The van der Waals surface area contributed by atoms with Crippen molar-refractivity contribution >= 4 is 35.0 Å². The van der Waals surface area contributed by atoms with Gasteiger partial charge >= 0.3 is 5.97 Å². The van der Waals surface area contributed by atoms with Crippen LogP contribution in [0.3, 0.4) is 0 Å². The van der Waals surface area contributed by atoms with E-state index in [2.05, 4.69) is 10.3 Å². The Hall–Kier alpha value is -2.94. The van der Waals surface area contributed by atoms with Gasteiger partial charge in [0.05, 0.1) is 20.8 Å². The van der Waals surface area contributed by atoms with Gasteiger partial charge in [-0.2, -0.15) is 0 Å². The Bertz CT molecular complexity index is 762. The predicted octanol–water partition coefficient (Wildman–Crippen LogP) is 2.81. The molecule has 1 unspecified atom stereocenters. The number of carbonyl (C=O) groups is 2. The molecular formula is C15H13N3O5S. The van der Waals surface area contributed by atoms with E-state index in [9.17, 15) is 19.7 Å². The lowest BCUT2D eigenvalue weighted by Crippen LogP contribution is -2.22. The van der Waals surface area contributed by atoms with E-state index in [1.807, 2.05) is 0 Å². The van der Waals surface area contributed by atoms with Crippen LogP contribution >= 0.6 is 11.8 Å². The first-order valence-electron chi connectivity index (χ1n) is 6.78. The van der Waals surface area contributed by atoms with Gasteiger partial charge < -0.3 is 10.4 Å². The molecule has 0 aliphatic carbocycles. The van der Waals surface area contributed by atoms with Gasteiger partial charge in [-0.05, 0) is 37.3 Å². The lowest BCUT2D eigenvalue weighted by atomic mass is 10.2. The monoisotopic (exact) mass is 347 g/mol. The fourth-order valence-corrected chi connectivity index (χ4v) is 2.51. The van der Waals surface area contributed by atoms with Gasteiger partial charge in [-0.1, -0.05) is 11.8 Å². The lowest BCUT2D eigenvalue weighted by molar-refractivity contribution is -0.385. The highest BCUT2D eigenvalue weighted by atomic mass is 32.2. The Kier molecular flexibility index (Phi) is 5.48. The number of nitrogens with zero attached hydrogens (tertiary/aromatic N) is 2. The van der Waals surface area contributed by atoms with Crippen LogP contribution in [-0.4, -0.2) is 32.1 Å². The van der Waals surface area contributed by atoms with Crippen LogP contribution < -0.4 is 5.32 Å². The van der Waals surface area contributed by atoms with Crippen molar-refractivity contribution in [1.29, 1.82) is 0 Å². The van der Waals surface area contributed by atoms with Crippen LogP contribution in [0.2, 0.25) is 0 Å². The minimum Gasteiger partial charge on any atom is -0.478 e. The summed E-state index contributed by atoms with van der Waals surface area (Å²) in [5.74, 6) is -1.33. The SMILES string of the molecule is CC(Sc1ccc([N+](=O)[O-])cn1)C(=O)Nc1ccc(C(=O)O)cc1. The minimum atomic E-state index is -1.04. The summed E-state index contributed by atoms with van der Waals surface area (Å²) in [6.07, 6.45) is 1.14. The van der Waals surface area contributed by atoms with Crippen molar-refractivity contribution in [3.05, 3.63) is 58.3 Å². The summed E-state index contributed by atoms with van der Waals surface area (Å²) in [5.41, 5.74) is 0.495. The van der Waals surface area contributed by atoms with Crippen molar-refractivity contribution in [3.8, 4) is 0 Å². The maximum absolute atomic E-state index is 12.1. The summed E-state index contributed by atoms with van der Waals surface area (Å²) >= 11 is 1.16. The summed E-state index contributed by atoms with van der Waals surface area (Å²) in [4.78, 5) is 36.9. The molecule has 0 radical (unpaired) electrons. The minimum absolute atomic E-state index is 0.116. The number of pyridine rings is 1. The maximum Gasteiger partial charge on any atom is 0.335 e. The Labute approximate surface area is 141 Å². The Morgan fingerprint density at radius 3 is 2.42 bits per heavy atom. The van der Waals surface area contributed by atoms with Crippen LogP contribution in [-0.2, 0) is 4.79 Å². The van der Waals surface area contributed by atoms with Gasteiger partial charge in [0.15, 0.2) is 0 Å². The number of hydrogen-bond acceptors (Lipinski definition) is 6. The molecular weight excluding hydrogens is 334 g/mol. The molecule has 0 saturated heterocycles. The number of carboxylic acid groups (broad SMARTS) is 1. The van der Waals surface area contributed by atoms with Crippen molar-refractivity contribution in [1.82, 2.24) is 4.98 Å². The highest BCUT2D eigenvalue weighted by Crippen LogP contribution is 2.24. The Morgan fingerprint density at radius 2 is 1.92 bits per heavy atom. The number of aromatic carboxylic acids is 1. The second kappa shape index (κ2) is 7.55. The molecule has 9 heteroatoms. The highest BCUT2D eigenvalue weighted by Gasteiger charge is 2.16. The zero-order valence-electron chi connectivity index (χ0n) is 12.5. The van der Waals surface area contributed by atoms with Crippen molar-refractivity contribution in [2.75, 3.05) is 5.32 Å². The number of thioether (sulfide) groups is 1. The van der Waals surface area contributed by atoms with Crippen LogP contribution in [0.4, 0.5) is 11.4 Å². The molecule has 0 aliphatic heterocycles. The third-order valence-electron chi connectivity index (χ3n) is 3.00.